The Morgan fingerprint density at radius 1 is 1.20 bits per heavy atom. The van der Waals surface area contributed by atoms with E-state index in [0.717, 1.165) is 11.8 Å². The summed E-state index contributed by atoms with van der Waals surface area (Å²) >= 11 is 0. The maximum absolute atomic E-state index is 12.0. The van der Waals surface area contributed by atoms with Crippen LogP contribution in [0.3, 0.4) is 0 Å². The molecule has 4 aliphatic carbocycles. The minimum Gasteiger partial charge on any atom is -0.389 e. The lowest BCUT2D eigenvalue weighted by atomic mass is 9.54. The van der Waals surface area contributed by atoms with E-state index >= 15 is 0 Å². The third kappa shape index (κ3) is 2.93. The molecule has 20 heavy (non-hydrogen) atoms. The smallest absolute Gasteiger partial charge is 0.315 e. The van der Waals surface area contributed by atoms with E-state index in [1.165, 1.54) is 39.2 Å². The molecule has 4 bridgehead atoms. The summed E-state index contributed by atoms with van der Waals surface area (Å²) in [4.78, 5) is 12.0. The molecule has 4 fully saturated rings. The van der Waals surface area contributed by atoms with E-state index in [1.807, 2.05) is 0 Å². The Hall–Kier alpha value is -0.810. The molecule has 1 unspecified atom stereocenters. The first-order valence-corrected chi connectivity index (χ1v) is 7.87. The SMILES string of the molecule is COCC(O)CNC(=O)NC1C2CC3CC(C2)CC1C3. The minimum atomic E-state index is -0.635. The Morgan fingerprint density at radius 3 is 2.35 bits per heavy atom. The topological polar surface area (TPSA) is 70.6 Å². The zero-order chi connectivity index (χ0) is 14.1. The Labute approximate surface area is 120 Å². The van der Waals surface area contributed by atoms with Crippen LogP contribution in [0.25, 0.3) is 0 Å². The van der Waals surface area contributed by atoms with Gasteiger partial charge in [0.25, 0.3) is 0 Å². The quantitative estimate of drug-likeness (QED) is 0.707. The fourth-order valence-electron chi connectivity index (χ4n) is 4.83. The van der Waals surface area contributed by atoms with Gasteiger partial charge in [0.1, 0.15) is 0 Å². The highest BCUT2D eigenvalue weighted by Crippen LogP contribution is 2.53. The molecule has 1 atom stereocenters. The highest BCUT2D eigenvalue weighted by Gasteiger charge is 2.48. The minimum absolute atomic E-state index is 0.141. The first-order valence-electron chi connectivity index (χ1n) is 7.87. The number of nitrogens with one attached hydrogen (secondary N) is 2. The van der Waals surface area contributed by atoms with Crippen molar-refractivity contribution in [2.24, 2.45) is 23.7 Å². The summed E-state index contributed by atoms with van der Waals surface area (Å²) < 4.78 is 4.84. The highest BCUT2D eigenvalue weighted by molar-refractivity contribution is 5.74. The molecule has 0 aromatic carbocycles. The lowest BCUT2D eigenvalue weighted by molar-refractivity contribution is -0.00963. The van der Waals surface area contributed by atoms with Crippen LogP contribution in [0.2, 0.25) is 0 Å². The highest BCUT2D eigenvalue weighted by atomic mass is 16.5. The molecule has 0 aliphatic heterocycles. The van der Waals surface area contributed by atoms with Crippen LogP contribution in [0.15, 0.2) is 0 Å². The molecule has 0 aromatic rings. The van der Waals surface area contributed by atoms with Crippen LogP contribution < -0.4 is 10.6 Å². The summed E-state index contributed by atoms with van der Waals surface area (Å²) in [5.41, 5.74) is 0. The second-order valence-corrected chi connectivity index (χ2v) is 6.92. The first-order chi connectivity index (χ1) is 9.65. The maximum atomic E-state index is 12.0. The second-order valence-electron chi connectivity index (χ2n) is 6.92. The Bertz CT molecular complexity index is 333. The average Bonchev–Trinajstić information content (AvgIpc) is 2.40. The van der Waals surface area contributed by atoms with Crippen LogP contribution in [0.5, 0.6) is 0 Å². The molecule has 0 saturated heterocycles. The largest absolute Gasteiger partial charge is 0.389 e. The summed E-state index contributed by atoms with van der Waals surface area (Å²) in [6.45, 7) is 0.491. The molecule has 4 rings (SSSR count). The number of amides is 2. The van der Waals surface area contributed by atoms with E-state index in [1.54, 1.807) is 0 Å². The lowest BCUT2D eigenvalue weighted by Crippen LogP contribution is -2.57. The van der Waals surface area contributed by atoms with Gasteiger partial charge in [-0.05, 0) is 55.8 Å². The molecule has 5 nitrogen and oxygen atoms in total. The van der Waals surface area contributed by atoms with Gasteiger partial charge in [-0.15, -0.1) is 0 Å². The van der Waals surface area contributed by atoms with Crippen LogP contribution >= 0.6 is 0 Å². The fraction of sp³-hybridized carbons (Fsp3) is 0.933. The van der Waals surface area contributed by atoms with Crippen molar-refractivity contribution in [1.29, 1.82) is 0 Å². The lowest BCUT2D eigenvalue weighted by Gasteiger charge is -2.54. The zero-order valence-corrected chi connectivity index (χ0v) is 12.2. The zero-order valence-electron chi connectivity index (χ0n) is 12.2. The van der Waals surface area contributed by atoms with Crippen LogP contribution in [0.4, 0.5) is 4.79 Å². The average molecular weight is 282 g/mol. The summed E-state index contributed by atoms with van der Waals surface area (Å²) in [6.07, 6.45) is 5.97. The van der Waals surface area contributed by atoms with Gasteiger partial charge < -0.3 is 20.5 Å². The standard InChI is InChI=1S/C15H26N2O3/c1-20-8-13(18)7-16-15(19)17-14-11-3-9-2-10(5-11)6-12(14)4-9/h9-14,18H,2-8H2,1H3,(H2,16,17,19). The molecule has 0 spiro atoms. The Kier molecular flexibility index (Phi) is 4.17. The molecule has 4 saturated carbocycles. The van der Waals surface area contributed by atoms with E-state index in [0.29, 0.717) is 17.9 Å². The van der Waals surface area contributed by atoms with Gasteiger partial charge in [-0.1, -0.05) is 0 Å². The van der Waals surface area contributed by atoms with Gasteiger partial charge in [-0.25, -0.2) is 4.79 Å². The molecule has 4 aliphatic rings. The van der Waals surface area contributed by atoms with Crippen molar-refractivity contribution >= 4 is 6.03 Å². The molecule has 0 heterocycles. The summed E-state index contributed by atoms with van der Waals surface area (Å²) in [5, 5.41) is 15.4. The van der Waals surface area contributed by atoms with Crippen molar-refractivity contribution in [3.63, 3.8) is 0 Å². The van der Waals surface area contributed by atoms with E-state index in [-0.39, 0.29) is 19.2 Å². The molecule has 114 valence electrons. The van der Waals surface area contributed by atoms with E-state index in [9.17, 15) is 9.90 Å². The number of hydrogen-bond donors (Lipinski definition) is 3. The van der Waals surface area contributed by atoms with Crippen molar-refractivity contribution in [1.82, 2.24) is 10.6 Å². The number of aliphatic hydroxyl groups excluding tert-OH is 1. The van der Waals surface area contributed by atoms with Gasteiger partial charge in [0, 0.05) is 19.7 Å². The third-order valence-electron chi connectivity index (χ3n) is 5.38. The van der Waals surface area contributed by atoms with Crippen molar-refractivity contribution in [3.05, 3.63) is 0 Å². The van der Waals surface area contributed by atoms with Gasteiger partial charge in [0.15, 0.2) is 0 Å². The summed E-state index contributed by atoms with van der Waals surface area (Å²) in [7, 11) is 1.54. The van der Waals surface area contributed by atoms with E-state index in [2.05, 4.69) is 10.6 Å². The maximum Gasteiger partial charge on any atom is 0.315 e. The van der Waals surface area contributed by atoms with Crippen LogP contribution in [0.1, 0.15) is 32.1 Å². The number of ether oxygens (including phenoxy) is 1. The third-order valence-corrected chi connectivity index (χ3v) is 5.38. The number of urea groups is 1. The monoisotopic (exact) mass is 282 g/mol. The molecule has 3 N–H and O–H groups in total. The number of rotatable bonds is 5. The summed E-state index contributed by atoms with van der Waals surface area (Å²) in [6, 6.07) is 0.208. The van der Waals surface area contributed by atoms with Crippen LogP contribution in [-0.4, -0.2) is 43.5 Å². The molecule has 0 aromatic heterocycles. The normalized spacial score (nSPS) is 39.6. The Morgan fingerprint density at radius 2 is 1.80 bits per heavy atom. The number of methoxy groups -OCH3 is 1. The van der Waals surface area contributed by atoms with Crippen LogP contribution in [-0.2, 0) is 4.74 Å². The first kappa shape index (κ1) is 14.1. The van der Waals surface area contributed by atoms with E-state index < -0.39 is 6.10 Å². The summed E-state index contributed by atoms with van der Waals surface area (Å²) in [5.74, 6) is 3.20. The van der Waals surface area contributed by atoms with Crippen molar-refractivity contribution in [2.75, 3.05) is 20.3 Å². The number of carbonyl (C=O) groups excluding carboxylic acids is 1. The van der Waals surface area contributed by atoms with Crippen LogP contribution in [0, 0.1) is 23.7 Å². The molecule has 2 amide bonds. The Balaban J connectivity index is 1.47. The van der Waals surface area contributed by atoms with Gasteiger partial charge in [0.2, 0.25) is 0 Å². The van der Waals surface area contributed by atoms with Gasteiger partial charge in [-0.2, -0.15) is 0 Å². The molecule has 5 heteroatoms. The van der Waals surface area contributed by atoms with Crippen molar-refractivity contribution in [2.45, 2.75) is 44.2 Å². The number of aliphatic hydroxyl groups is 1. The van der Waals surface area contributed by atoms with Crippen molar-refractivity contribution in [3.8, 4) is 0 Å². The molecular formula is C15H26N2O3. The fourth-order valence-corrected chi connectivity index (χ4v) is 4.83. The predicted molar refractivity (Wildman–Crippen MR) is 75.3 cm³/mol. The van der Waals surface area contributed by atoms with Crippen molar-refractivity contribution < 1.29 is 14.6 Å². The van der Waals surface area contributed by atoms with Gasteiger partial charge in [-0.3, -0.25) is 0 Å². The molecule has 0 radical (unpaired) electrons. The number of hydrogen-bond acceptors (Lipinski definition) is 3. The number of carbonyl (C=O) groups is 1. The predicted octanol–water partition coefficient (Wildman–Crippen LogP) is 1.12. The molecular weight excluding hydrogens is 256 g/mol. The van der Waals surface area contributed by atoms with E-state index in [4.69, 9.17) is 4.74 Å². The second kappa shape index (κ2) is 5.90. The van der Waals surface area contributed by atoms with Gasteiger partial charge in [0.05, 0.1) is 12.7 Å². The van der Waals surface area contributed by atoms with Gasteiger partial charge >= 0.3 is 6.03 Å².